The molecule has 0 radical (unpaired) electrons. The Hall–Kier alpha value is -2.50. The molecule has 0 fully saturated rings. The summed E-state index contributed by atoms with van der Waals surface area (Å²) >= 11 is 0. The number of fused-ring (bicyclic) bond motifs is 1. The molecule has 6 nitrogen and oxygen atoms in total. The molecular formula is C15H17N3O3. The first-order chi connectivity index (χ1) is 10.1. The molecule has 110 valence electrons. The summed E-state index contributed by atoms with van der Waals surface area (Å²) in [5.74, 6) is 3.33. The van der Waals surface area contributed by atoms with Gasteiger partial charge in [0, 0.05) is 23.9 Å². The van der Waals surface area contributed by atoms with Gasteiger partial charge in [-0.1, -0.05) is 0 Å². The number of rotatable bonds is 3. The summed E-state index contributed by atoms with van der Waals surface area (Å²) in [4.78, 5) is 9.10. The minimum atomic E-state index is 0.199. The first kappa shape index (κ1) is 13.5. The van der Waals surface area contributed by atoms with Crippen LogP contribution in [-0.2, 0) is 0 Å². The van der Waals surface area contributed by atoms with Crippen molar-refractivity contribution >= 4 is 5.82 Å². The first-order valence-electron chi connectivity index (χ1n) is 6.65. The lowest BCUT2D eigenvalue weighted by atomic mass is 10.1. The van der Waals surface area contributed by atoms with E-state index in [1.54, 1.807) is 7.11 Å². The van der Waals surface area contributed by atoms with Gasteiger partial charge in [0.15, 0.2) is 17.3 Å². The Morgan fingerprint density at radius 2 is 2.00 bits per heavy atom. The van der Waals surface area contributed by atoms with E-state index >= 15 is 0 Å². The van der Waals surface area contributed by atoms with Gasteiger partial charge in [0.2, 0.25) is 12.5 Å². The molecule has 0 spiro atoms. The van der Waals surface area contributed by atoms with E-state index in [9.17, 15) is 0 Å². The van der Waals surface area contributed by atoms with E-state index in [1.165, 1.54) is 0 Å². The zero-order valence-electron chi connectivity index (χ0n) is 12.5. The molecule has 0 bridgehead atoms. The molecule has 1 aromatic carbocycles. The summed E-state index contributed by atoms with van der Waals surface area (Å²) in [5.41, 5.74) is 2.80. The van der Waals surface area contributed by atoms with Gasteiger partial charge in [-0.2, -0.15) is 0 Å². The molecule has 0 aliphatic carbocycles. The average Bonchev–Trinajstić information content (AvgIpc) is 2.97. The van der Waals surface area contributed by atoms with Crippen LogP contribution in [0.5, 0.6) is 17.2 Å². The van der Waals surface area contributed by atoms with Crippen LogP contribution in [0.3, 0.4) is 0 Å². The predicted octanol–water partition coefficient (Wildman–Crippen LogP) is 2.54. The molecule has 21 heavy (non-hydrogen) atoms. The molecule has 1 aliphatic rings. The second kappa shape index (κ2) is 5.12. The van der Waals surface area contributed by atoms with E-state index < -0.39 is 0 Å². The fourth-order valence-electron chi connectivity index (χ4n) is 2.26. The minimum absolute atomic E-state index is 0.199. The molecular weight excluding hydrogens is 270 g/mol. The maximum Gasteiger partial charge on any atom is 0.231 e. The number of aryl methyl sites for hydroxylation is 1. The van der Waals surface area contributed by atoms with Gasteiger partial charge in [0.1, 0.15) is 5.82 Å². The Morgan fingerprint density at radius 1 is 1.19 bits per heavy atom. The fraction of sp³-hybridized carbons (Fsp3) is 0.333. The number of benzene rings is 1. The number of ether oxygens (including phenoxy) is 3. The highest BCUT2D eigenvalue weighted by molar-refractivity contribution is 5.68. The molecule has 0 unspecified atom stereocenters. The molecule has 3 rings (SSSR count). The van der Waals surface area contributed by atoms with Gasteiger partial charge in [-0.3, -0.25) is 0 Å². The molecule has 1 N–H and O–H groups in total. The third kappa shape index (κ3) is 2.22. The van der Waals surface area contributed by atoms with Crippen LogP contribution in [0.1, 0.15) is 11.3 Å². The maximum atomic E-state index is 5.44. The van der Waals surface area contributed by atoms with Gasteiger partial charge in [-0.05, 0) is 26.0 Å². The number of nitrogens with one attached hydrogen (secondary N) is 1. The SMILES string of the molecule is CNc1nc(-c2cc(OC)c3c(c2)OCO3)nc(C)c1C. The third-order valence-electron chi connectivity index (χ3n) is 3.54. The predicted molar refractivity (Wildman–Crippen MR) is 79.2 cm³/mol. The zero-order valence-corrected chi connectivity index (χ0v) is 12.5. The third-order valence-corrected chi connectivity index (χ3v) is 3.54. The van der Waals surface area contributed by atoms with Crippen molar-refractivity contribution in [3.05, 3.63) is 23.4 Å². The lowest BCUT2D eigenvalue weighted by Gasteiger charge is -2.11. The Balaban J connectivity index is 2.15. The van der Waals surface area contributed by atoms with Gasteiger partial charge in [-0.15, -0.1) is 0 Å². The normalized spacial score (nSPS) is 12.4. The first-order valence-corrected chi connectivity index (χ1v) is 6.65. The largest absolute Gasteiger partial charge is 0.493 e. The van der Waals surface area contributed by atoms with Crippen LogP contribution < -0.4 is 19.5 Å². The van der Waals surface area contributed by atoms with Crippen LogP contribution >= 0.6 is 0 Å². The summed E-state index contributed by atoms with van der Waals surface area (Å²) in [5, 5.41) is 3.09. The zero-order chi connectivity index (χ0) is 15.0. The van der Waals surface area contributed by atoms with Crippen LogP contribution in [-0.4, -0.2) is 30.9 Å². The molecule has 0 saturated heterocycles. The monoisotopic (exact) mass is 287 g/mol. The highest BCUT2D eigenvalue weighted by Gasteiger charge is 2.21. The molecule has 2 aromatic rings. The number of anilines is 1. The van der Waals surface area contributed by atoms with Gasteiger partial charge in [0.05, 0.1) is 7.11 Å². The molecule has 2 heterocycles. The smallest absolute Gasteiger partial charge is 0.231 e. The second-order valence-electron chi connectivity index (χ2n) is 4.77. The average molecular weight is 287 g/mol. The number of hydrogen-bond donors (Lipinski definition) is 1. The summed E-state index contributed by atoms with van der Waals surface area (Å²) in [6.45, 7) is 4.15. The Labute approximate surface area is 123 Å². The maximum absolute atomic E-state index is 5.44. The summed E-state index contributed by atoms with van der Waals surface area (Å²) in [6.07, 6.45) is 0. The van der Waals surface area contributed by atoms with Crippen LogP contribution in [0.25, 0.3) is 11.4 Å². The highest BCUT2D eigenvalue weighted by atomic mass is 16.7. The Morgan fingerprint density at radius 3 is 2.71 bits per heavy atom. The van der Waals surface area contributed by atoms with Gasteiger partial charge < -0.3 is 19.5 Å². The molecule has 0 amide bonds. The van der Waals surface area contributed by atoms with E-state index in [2.05, 4.69) is 15.3 Å². The van der Waals surface area contributed by atoms with E-state index in [4.69, 9.17) is 14.2 Å². The van der Waals surface area contributed by atoms with Crippen LogP contribution in [0.15, 0.2) is 12.1 Å². The van der Waals surface area contributed by atoms with E-state index in [0.29, 0.717) is 23.1 Å². The van der Waals surface area contributed by atoms with Crippen LogP contribution in [0.2, 0.25) is 0 Å². The van der Waals surface area contributed by atoms with E-state index in [-0.39, 0.29) is 6.79 Å². The Bertz CT molecular complexity index is 701. The second-order valence-corrected chi connectivity index (χ2v) is 4.77. The van der Waals surface area contributed by atoms with Crippen molar-refractivity contribution in [2.75, 3.05) is 26.3 Å². The van der Waals surface area contributed by atoms with Crippen molar-refractivity contribution in [1.29, 1.82) is 0 Å². The molecule has 6 heteroatoms. The van der Waals surface area contributed by atoms with Crippen molar-refractivity contribution in [3.8, 4) is 28.6 Å². The summed E-state index contributed by atoms with van der Waals surface area (Å²) in [6, 6.07) is 3.73. The van der Waals surface area contributed by atoms with Gasteiger partial charge in [-0.25, -0.2) is 9.97 Å². The summed E-state index contributed by atoms with van der Waals surface area (Å²) < 4.78 is 16.2. The molecule has 1 aromatic heterocycles. The molecule has 0 atom stereocenters. The quantitative estimate of drug-likeness (QED) is 0.936. The topological polar surface area (TPSA) is 65.5 Å². The number of methoxy groups -OCH3 is 1. The standard InChI is InChI=1S/C15H17N3O3/c1-8-9(2)17-15(18-14(8)16-3)10-5-11(19-4)13-12(6-10)20-7-21-13/h5-6H,7H2,1-4H3,(H,16,17,18). The fourth-order valence-corrected chi connectivity index (χ4v) is 2.26. The van der Waals surface area contributed by atoms with Crippen molar-refractivity contribution < 1.29 is 14.2 Å². The van der Waals surface area contributed by atoms with Crippen LogP contribution in [0.4, 0.5) is 5.82 Å². The van der Waals surface area contributed by atoms with Crippen molar-refractivity contribution in [2.24, 2.45) is 0 Å². The van der Waals surface area contributed by atoms with Gasteiger partial charge >= 0.3 is 0 Å². The highest BCUT2D eigenvalue weighted by Crippen LogP contribution is 2.43. The van der Waals surface area contributed by atoms with Crippen molar-refractivity contribution in [1.82, 2.24) is 9.97 Å². The Kier molecular flexibility index (Phi) is 3.29. The number of hydrogen-bond acceptors (Lipinski definition) is 6. The molecule has 1 aliphatic heterocycles. The number of nitrogens with zero attached hydrogens (tertiary/aromatic N) is 2. The van der Waals surface area contributed by atoms with Crippen molar-refractivity contribution in [3.63, 3.8) is 0 Å². The van der Waals surface area contributed by atoms with Crippen LogP contribution in [0, 0.1) is 13.8 Å². The lowest BCUT2D eigenvalue weighted by molar-refractivity contribution is 0.171. The lowest BCUT2D eigenvalue weighted by Crippen LogP contribution is -2.02. The van der Waals surface area contributed by atoms with E-state index in [0.717, 1.165) is 22.6 Å². The van der Waals surface area contributed by atoms with Crippen molar-refractivity contribution in [2.45, 2.75) is 13.8 Å². The molecule has 0 saturated carbocycles. The number of aromatic nitrogens is 2. The minimum Gasteiger partial charge on any atom is -0.493 e. The van der Waals surface area contributed by atoms with E-state index in [1.807, 2.05) is 33.0 Å². The van der Waals surface area contributed by atoms with Gasteiger partial charge in [0.25, 0.3) is 0 Å². The summed E-state index contributed by atoms with van der Waals surface area (Å²) in [7, 11) is 3.44.